The van der Waals surface area contributed by atoms with Gasteiger partial charge in [0.15, 0.2) is 12.1 Å². The molecule has 0 spiro atoms. The monoisotopic (exact) mass is 333 g/mol. The molecule has 0 heterocycles. The van der Waals surface area contributed by atoms with Crippen LogP contribution in [0.25, 0.3) is 0 Å². The summed E-state index contributed by atoms with van der Waals surface area (Å²) in [5, 5.41) is 10.7. The molecule has 2 N–H and O–H groups in total. The number of halogens is 2. The average molecular weight is 334 g/mol. The van der Waals surface area contributed by atoms with Gasteiger partial charge in [-0.25, -0.2) is 9.18 Å². The van der Waals surface area contributed by atoms with Gasteiger partial charge in [0.2, 0.25) is 0 Å². The van der Waals surface area contributed by atoms with Crippen LogP contribution in [0.4, 0.5) is 4.39 Å². The van der Waals surface area contributed by atoms with Crippen molar-refractivity contribution < 1.29 is 23.8 Å². The smallest absolute Gasteiger partial charge is 0.328 e. The fourth-order valence-corrected chi connectivity index (χ4v) is 1.49. The molecule has 1 amide bonds. The summed E-state index contributed by atoms with van der Waals surface area (Å²) in [6.45, 7) is 0.278. The molecule has 1 rings (SSSR count). The van der Waals surface area contributed by atoms with Crippen LogP contribution in [-0.4, -0.2) is 35.8 Å². The van der Waals surface area contributed by atoms with Crippen molar-refractivity contribution in [3.05, 3.63) is 28.7 Å². The maximum Gasteiger partial charge on any atom is 0.328 e. The minimum atomic E-state index is -1.55. The molecule has 2 atom stereocenters. The molecule has 104 valence electrons. The van der Waals surface area contributed by atoms with Crippen LogP contribution in [0.15, 0.2) is 28.7 Å². The van der Waals surface area contributed by atoms with Gasteiger partial charge >= 0.3 is 5.97 Å². The Balaban J connectivity index is 2.57. The third-order valence-corrected chi connectivity index (χ3v) is 2.79. The number of carboxylic acids is 1. The number of ether oxygens (including phenoxy) is 1. The predicted octanol–water partition coefficient (Wildman–Crippen LogP) is 1.76. The Morgan fingerprint density at radius 2 is 2.00 bits per heavy atom. The Morgan fingerprint density at radius 3 is 2.47 bits per heavy atom. The second kappa shape index (κ2) is 7.08. The quantitative estimate of drug-likeness (QED) is 0.831. The van der Waals surface area contributed by atoms with Crippen molar-refractivity contribution in [2.75, 3.05) is 6.67 Å². The molecule has 5 nitrogen and oxygen atoms in total. The van der Waals surface area contributed by atoms with E-state index in [0.29, 0.717) is 5.75 Å². The van der Waals surface area contributed by atoms with E-state index < -0.39 is 30.7 Å². The summed E-state index contributed by atoms with van der Waals surface area (Å²) in [7, 11) is 0. The normalized spacial score (nSPS) is 13.4. The van der Waals surface area contributed by atoms with E-state index >= 15 is 0 Å². The van der Waals surface area contributed by atoms with E-state index in [1.165, 1.54) is 6.92 Å². The van der Waals surface area contributed by atoms with Crippen LogP contribution in [0, 0.1) is 0 Å². The van der Waals surface area contributed by atoms with Crippen LogP contribution >= 0.6 is 15.9 Å². The number of hydrogen-bond donors (Lipinski definition) is 2. The van der Waals surface area contributed by atoms with Gasteiger partial charge in [0.05, 0.1) is 0 Å². The van der Waals surface area contributed by atoms with Gasteiger partial charge in [-0.3, -0.25) is 4.79 Å². The van der Waals surface area contributed by atoms with Gasteiger partial charge in [0.1, 0.15) is 12.4 Å². The van der Waals surface area contributed by atoms with Crippen LogP contribution in [0.2, 0.25) is 0 Å². The third kappa shape index (κ3) is 4.86. The highest BCUT2D eigenvalue weighted by Gasteiger charge is 2.23. The summed E-state index contributed by atoms with van der Waals surface area (Å²) in [5.41, 5.74) is 0. The Hall–Kier alpha value is -1.63. The summed E-state index contributed by atoms with van der Waals surface area (Å²) in [6, 6.07) is 5.22. The number of nitrogens with one attached hydrogen (secondary N) is 1. The third-order valence-electron chi connectivity index (χ3n) is 2.26. The van der Waals surface area contributed by atoms with Crippen molar-refractivity contribution in [1.82, 2.24) is 5.32 Å². The largest absolute Gasteiger partial charge is 0.481 e. The molecule has 0 radical (unpaired) electrons. The average Bonchev–Trinajstić information content (AvgIpc) is 2.37. The number of hydrogen-bond acceptors (Lipinski definition) is 3. The van der Waals surface area contributed by atoms with Crippen molar-refractivity contribution in [1.29, 1.82) is 0 Å². The van der Waals surface area contributed by atoms with Crippen molar-refractivity contribution in [2.24, 2.45) is 0 Å². The Labute approximate surface area is 117 Å². The fourth-order valence-electron chi connectivity index (χ4n) is 1.23. The van der Waals surface area contributed by atoms with Crippen molar-refractivity contribution in [2.45, 2.75) is 19.1 Å². The molecule has 19 heavy (non-hydrogen) atoms. The lowest BCUT2D eigenvalue weighted by atomic mass is 10.3. The highest BCUT2D eigenvalue weighted by atomic mass is 79.9. The topological polar surface area (TPSA) is 75.6 Å². The second-order valence-corrected chi connectivity index (χ2v) is 4.68. The lowest BCUT2D eigenvalue weighted by molar-refractivity contribution is -0.143. The molecule has 2 unspecified atom stereocenters. The zero-order valence-corrected chi connectivity index (χ0v) is 11.7. The number of carbonyl (C=O) groups excluding carboxylic acids is 1. The van der Waals surface area contributed by atoms with Gasteiger partial charge in [-0.2, -0.15) is 0 Å². The van der Waals surface area contributed by atoms with Crippen LogP contribution in [-0.2, 0) is 9.59 Å². The predicted molar refractivity (Wildman–Crippen MR) is 69.8 cm³/mol. The molecule has 0 saturated carbocycles. The minimum Gasteiger partial charge on any atom is -0.481 e. The highest BCUT2D eigenvalue weighted by Crippen LogP contribution is 2.17. The van der Waals surface area contributed by atoms with Gasteiger partial charge in [-0.1, -0.05) is 15.9 Å². The molecule has 0 aliphatic carbocycles. The molecule has 1 aromatic carbocycles. The van der Waals surface area contributed by atoms with E-state index in [1.54, 1.807) is 24.3 Å². The van der Waals surface area contributed by atoms with Gasteiger partial charge < -0.3 is 15.2 Å². The molecule has 0 bridgehead atoms. The van der Waals surface area contributed by atoms with E-state index in [2.05, 4.69) is 15.9 Å². The summed E-state index contributed by atoms with van der Waals surface area (Å²) < 4.78 is 18.5. The van der Waals surface area contributed by atoms with E-state index in [1.807, 2.05) is 5.32 Å². The first-order chi connectivity index (χ1) is 8.93. The zero-order valence-electron chi connectivity index (χ0n) is 10.1. The van der Waals surface area contributed by atoms with Crippen LogP contribution in [0.1, 0.15) is 6.92 Å². The molecule has 0 aliphatic rings. The van der Waals surface area contributed by atoms with E-state index in [9.17, 15) is 14.0 Å². The number of benzene rings is 1. The molecule has 0 saturated heterocycles. The maximum atomic E-state index is 12.4. The number of amides is 1. The molecule has 7 heteroatoms. The SMILES string of the molecule is CC(Oc1ccc(Br)cc1)C(=O)NC(CF)C(=O)O. The van der Waals surface area contributed by atoms with E-state index in [0.717, 1.165) is 4.47 Å². The van der Waals surface area contributed by atoms with Gasteiger partial charge in [-0.05, 0) is 31.2 Å². The second-order valence-electron chi connectivity index (χ2n) is 3.77. The molecule has 0 aliphatic heterocycles. The molecule has 0 fully saturated rings. The summed E-state index contributed by atoms with van der Waals surface area (Å²) >= 11 is 3.26. The van der Waals surface area contributed by atoms with E-state index in [4.69, 9.17) is 9.84 Å². The first kappa shape index (κ1) is 15.4. The fraction of sp³-hybridized carbons (Fsp3) is 0.333. The Morgan fingerprint density at radius 1 is 1.42 bits per heavy atom. The summed E-state index contributed by atoms with van der Waals surface area (Å²) in [6.07, 6.45) is -0.922. The molecular weight excluding hydrogens is 321 g/mol. The first-order valence-corrected chi connectivity index (χ1v) is 6.24. The number of carbonyl (C=O) groups is 2. The van der Waals surface area contributed by atoms with Gasteiger partial charge in [0.25, 0.3) is 5.91 Å². The number of alkyl halides is 1. The molecular formula is C12H13BrFNO4. The van der Waals surface area contributed by atoms with E-state index in [-0.39, 0.29) is 0 Å². The molecule has 0 aromatic heterocycles. The zero-order chi connectivity index (χ0) is 14.4. The summed E-state index contributed by atoms with van der Waals surface area (Å²) in [4.78, 5) is 22.2. The Bertz CT molecular complexity index is 452. The van der Waals surface area contributed by atoms with Crippen molar-refractivity contribution in [3.8, 4) is 5.75 Å². The van der Waals surface area contributed by atoms with Crippen molar-refractivity contribution in [3.63, 3.8) is 0 Å². The lowest BCUT2D eigenvalue weighted by Crippen LogP contribution is -2.47. The minimum absolute atomic E-state index is 0.456. The van der Waals surface area contributed by atoms with Gasteiger partial charge in [0, 0.05) is 4.47 Å². The number of carboxylic acid groups (broad SMARTS) is 1. The van der Waals surface area contributed by atoms with Gasteiger partial charge in [-0.15, -0.1) is 0 Å². The van der Waals surface area contributed by atoms with Crippen LogP contribution in [0.3, 0.4) is 0 Å². The van der Waals surface area contributed by atoms with Crippen LogP contribution < -0.4 is 10.1 Å². The number of rotatable bonds is 6. The van der Waals surface area contributed by atoms with Crippen molar-refractivity contribution >= 4 is 27.8 Å². The summed E-state index contributed by atoms with van der Waals surface area (Å²) in [5.74, 6) is -1.65. The first-order valence-electron chi connectivity index (χ1n) is 5.45. The number of aliphatic carboxylic acids is 1. The molecule has 1 aromatic rings. The maximum absolute atomic E-state index is 12.4. The van der Waals surface area contributed by atoms with Crippen LogP contribution in [0.5, 0.6) is 5.75 Å². The standard InChI is InChI=1S/C12H13BrFNO4/c1-7(11(16)15-10(6-14)12(17)18)19-9-4-2-8(13)3-5-9/h2-5,7,10H,6H2,1H3,(H,15,16)(H,17,18). The lowest BCUT2D eigenvalue weighted by Gasteiger charge is -2.17. The Kier molecular flexibility index (Phi) is 5.75. The highest BCUT2D eigenvalue weighted by molar-refractivity contribution is 9.10.